The minimum atomic E-state index is -0.913. The highest BCUT2D eigenvalue weighted by Gasteiger charge is 2.36. The number of carbonyl (C=O) groups is 2. The summed E-state index contributed by atoms with van der Waals surface area (Å²) in [4.78, 5) is 26.8. The maximum absolute atomic E-state index is 12.5. The lowest BCUT2D eigenvalue weighted by Gasteiger charge is -2.33. The van der Waals surface area contributed by atoms with E-state index in [9.17, 15) is 14.7 Å². The molecule has 1 unspecified atom stereocenters. The molecule has 1 atom stereocenters. The van der Waals surface area contributed by atoms with Gasteiger partial charge in [0.15, 0.2) is 6.04 Å². The lowest BCUT2D eigenvalue weighted by Crippen LogP contribution is -2.43. The number of thiophene rings is 1. The minimum absolute atomic E-state index is 0.00569. The second kappa shape index (κ2) is 6.18. The molecular formula is C16H21NO3S. The fourth-order valence-electron chi connectivity index (χ4n) is 3.62. The minimum Gasteiger partial charge on any atom is -0.479 e. The summed E-state index contributed by atoms with van der Waals surface area (Å²) in [6.45, 7) is 0.536. The van der Waals surface area contributed by atoms with Gasteiger partial charge in [0.05, 0.1) is 0 Å². The van der Waals surface area contributed by atoms with Gasteiger partial charge in [0.1, 0.15) is 0 Å². The van der Waals surface area contributed by atoms with E-state index in [4.69, 9.17) is 0 Å². The van der Waals surface area contributed by atoms with Gasteiger partial charge in [-0.3, -0.25) is 4.79 Å². The average Bonchev–Trinajstić information content (AvgIpc) is 3.14. The summed E-state index contributed by atoms with van der Waals surface area (Å²) in [7, 11) is 0. The molecule has 3 rings (SSSR count). The van der Waals surface area contributed by atoms with Crippen LogP contribution in [0.25, 0.3) is 0 Å². The third kappa shape index (κ3) is 2.98. The molecule has 1 aromatic rings. The largest absolute Gasteiger partial charge is 0.479 e. The molecule has 0 aromatic carbocycles. The second-order valence-electron chi connectivity index (χ2n) is 6.07. The predicted molar refractivity (Wildman–Crippen MR) is 81.3 cm³/mol. The Kier molecular flexibility index (Phi) is 4.29. The van der Waals surface area contributed by atoms with E-state index < -0.39 is 12.0 Å². The maximum atomic E-state index is 12.5. The van der Waals surface area contributed by atoms with E-state index in [-0.39, 0.29) is 5.91 Å². The van der Waals surface area contributed by atoms with Gasteiger partial charge in [0, 0.05) is 17.8 Å². The Hall–Kier alpha value is -1.36. The Balaban J connectivity index is 1.68. The number of aliphatic carboxylic acids is 1. The molecule has 1 aliphatic carbocycles. The molecule has 0 bridgehead atoms. The third-order valence-electron chi connectivity index (χ3n) is 4.76. The molecule has 0 radical (unpaired) electrons. The van der Waals surface area contributed by atoms with E-state index in [2.05, 4.69) is 0 Å². The molecule has 1 amide bonds. The second-order valence-corrected chi connectivity index (χ2v) is 7.07. The van der Waals surface area contributed by atoms with Crippen molar-refractivity contribution in [1.82, 2.24) is 4.90 Å². The molecule has 114 valence electrons. The first kappa shape index (κ1) is 14.6. The summed E-state index contributed by atoms with van der Waals surface area (Å²) in [5, 5.41) is 11.4. The van der Waals surface area contributed by atoms with Crippen LogP contribution in [0.1, 0.15) is 55.0 Å². The lowest BCUT2D eigenvalue weighted by molar-refractivity contribution is -0.151. The molecule has 1 saturated carbocycles. The van der Waals surface area contributed by atoms with Gasteiger partial charge >= 0.3 is 5.97 Å². The van der Waals surface area contributed by atoms with Gasteiger partial charge < -0.3 is 10.0 Å². The Morgan fingerprint density at radius 3 is 2.81 bits per heavy atom. The molecule has 0 saturated heterocycles. The quantitative estimate of drug-likeness (QED) is 0.929. The number of hydrogen-bond donors (Lipinski definition) is 1. The smallest absolute Gasteiger partial charge is 0.331 e. The van der Waals surface area contributed by atoms with Gasteiger partial charge in [-0.15, -0.1) is 11.3 Å². The van der Waals surface area contributed by atoms with E-state index in [1.165, 1.54) is 25.7 Å². The molecular weight excluding hydrogens is 286 g/mol. The summed E-state index contributed by atoms with van der Waals surface area (Å²) in [5.41, 5.74) is 0.813. The van der Waals surface area contributed by atoms with Gasteiger partial charge in [0.25, 0.3) is 0 Å². The van der Waals surface area contributed by atoms with E-state index >= 15 is 0 Å². The van der Waals surface area contributed by atoms with Crippen LogP contribution in [-0.2, 0) is 16.0 Å². The van der Waals surface area contributed by atoms with Crippen LogP contribution in [0.15, 0.2) is 11.4 Å². The third-order valence-corrected chi connectivity index (χ3v) is 5.76. The first-order valence-electron chi connectivity index (χ1n) is 7.75. The first-order chi connectivity index (χ1) is 10.2. The van der Waals surface area contributed by atoms with Crippen molar-refractivity contribution in [2.24, 2.45) is 5.92 Å². The summed E-state index contributed by atoms with van der Waals surface area (Å²) < 4.78 is 0. The molecule has 0 spiro atoms. The zero-order chi connectivity index (χ0) is 14.8. The highest BCUT2D eigenvalue weighted by molar-refractivity contribution is 7.10. The number of amides is 1. The van der Waals surface area contributed by atoms with E-state index in [1.807, 2.05) is 11.4 Å². The van der Waals surface area contributed by atoms with Crippen molar-refractivity contribution in [3.8, 4) is 0 Å². The first-order valence-corrected chi connectivity index (χ1v) is 8.63. The zero-order valence-corrected chi connectivity index (χ0v) is 12.9. The molecule has 1 N–H and O–H groups in total. The van der Waals surface area contributed by atoms with Crippen molar-refractivity contribution < 1.29 is 14.7 Å². The molecule has 1 aliphatic heterocycles. The fraction of sp³-hybridized carbons (Fsp3) is 0.625. The molecule has 5 heteroatoms. The number of fused-ring (bicyclic) bond motifs is 1. The summed E-state index contributed by atoms with van der Waals surface area (Å²) in [6, 6.07) is 1.07. The van der Waals surface area contributed by atoms with Gasteiger partial charge in [-0.2, -0.15) is 0 Å². The van der Waals surface area contributed by atoms with Crippen LogP contribution in [0.5, 0.6) is 0 Å². The highest BCUT2D eigenvalue weighted by Crippen LogP contribution is 2.35. The van der Waals surface area contributed by atoms with Crippen LogP contribution in [-0.4, -0.2) is 28.4 Å². The summed E-state index contributed by atoms with van der Waals surface area (Å²) in [5.74, 6) is -0.242. The van der Waals surface area contributed by atoms with E-state index in [1.54, 1.807) is 16.2 Å². The van der Waals surface area contributed by atoms with Crippen molar-refractivity contribution in [1.29, 1.82) is 0 Å². The van der Waals surface area contributed by atoms with Crippen LogP contribution in [0.3, 0.4) is 0 Å². The SMILES string of the molecule is O=C(O)C1c2ccsc2CCN1C(=O)CCC1CCCC1. The summed E-state index contributed by atoms with van der Waals surface area (Å²) >= 11 is 1.59. The van der Waals surface area contributed by atoms with Gasteiger partial charge in [-0.25, -0.2) is 4.79 Å². The van der Waals surface area contributed by atoms with Crippen LogP contribution >= 0.6 is 11.3 Å². The number of nitrogens with zero attached hydrogens (tertiary/aromatic N) is 1. The normalized spacial score (nSPS) is 22.3. The topological polar surface area (TPSA) is 57.6 Å². The highest BCUT2D eigenvalue weighted by atomic mass is 32.1. The number of rotatable bonds is 4. The van der Waals surface area contributed by atoms with Gasteiger partial charge in [-0.05, 0) is 35.8 Å². The van der Waals surface area contributed by atoms with Gasteiger partial charge in [-0.1, -0.05) is 25.7 Å². The summed E-state index contributed by atoms with van der Waals surface area (Å²) in [6.07, 6.45) is 7.20. The lowest BCUT2D eigenvalue weighted by atomic mass is 9.97. The van der Waals surface area contributed by atoms with Gasteiger partial charge in [0.2, 0.25) is 5.91 Å². The average molecular weight is 307 g/mol. The number of carbonyl (C=O) groups excluding carboxylic acids is 1. The molecule has 1 aromatic heterocycles. The number of carboxylic acid groups (broad SMARTS) is 1. The van der Waals surface area contributed by atoms with Crippen molar-refractivity contribution in [2.45, 2.75) is 51.0 Å². The van der Waals surface area contributed by atoms with Crippen molar-refractivity contribution in [3.63, 3.8) is 0 Å². The van der Waals surface area contributed by atoms with Crippen molar-refractivity contribution >= 4 is 23.2 Å². The molecule has 2 heterocycles. The number of hydrogen-bond acceptors (Lipinski definition) is 3. The molecule has 1 fully saturated rings. The molecule has 21 heavy (non-hydrogen) atoms. The zero-order valence-electron chi connectivity index (χ0n) is 12.1. The van der Waals surface area contributed by atoms with Crippen molar-refractivity contribution in [2.75, 3.05) is 6.54 Å². The maximum Gasteiger partial charge on any atom is 0.331 e. The predicted octanol–water partition coefficient (Wildman–Crippen LogP) is 3.23. The van der Waals surface area contributed by atoms with Crippen LogP contribution in [0, 0.1) is 5.92 Å². The van der Waals surface area contributed by atoms with Crippen molar-refractivity contribution in [3.05, 3.63) is 21.9 Å². The van der Waals surface area contributed by atoms with Crippen LogP contribution < -0.4 is 0 Å². The Bertz CT molecular complexity index is 533. The van der Waals surface area contributed by atoms with E-state index in [0.717, 1.165) is 23.3 Å². The fourth-order valence-corrected chi connectivity index (χ4v) is 4.53. The standard InChI is InChI=1S/C16H21NO3S/c18-14(6-5-11-3-1-2-4-11)17-9-7-13-12(8-10-21-13)15(17)16(19)20/h8,10-11,15H,1-7,9H2,(H,19,20). The molecule has 2 aliphatic rings. The Labute approximate surface area is 128 Å². The monoisotopic (exact) mass is 307 g/mol. The van der Waals surface area contributed by atoms with E-state index in [0.29, 0.717) is 18.9 Å². The van der Waals surface area contributed by atoms with Crippen LogP contribution in [0.2, 0.25) is 0 Å². The van der Waals surface area contributed by atoms with Crippen LogP contribution in [0.4, 0.5) is 0 Å². The number of carboxylic acids is 1. The Morgan fingerprint density at radius 1 is 1.33 bits per heavy atom. The Morgan fingerprint density at radius 2 is 2.10 bits per heavy atom. The molecule has 4 nitrogen and oxygen atoms in total.